The minimum Gasteiger partial charge on any atom is -0.617 e. The van der Waals surface area contributed by atoms with Crippen molar-refractivity contribution in [3.8, 4) is 0 Å². The summed E-state index contributed by atoms with van der Waals surface area (Å²) in [6, 6.07) is 0. The first kappa shape index (κ1) is 13.2. The Morgan fingerprint density at radius 3 is 1.20 bits per heavy atom. The molecule has 0 aliphatic carbocycles. The molecule has 0 saturated carbocycles. The van der Waals surface area contributed by atoms with E-state index in [1.54, 1.807) is 12.5 Å². The maximum atomic E-state index is 10.3. The van der Waals surface area contributed by atoms with Crippen LogP contribution in [-0.4, -0.2) is 33.1 Å². The summed E-state index contributed by atoms with van der Waals surface area (Å²) >= 11 is -1.15. The predicted molar refractivity (Wildman–Crippen MR) is 49.2 cm³/mol. The Labute approximate surface area is 69.8 Å². The molecular weight excluding hydrogens is 168 g/mol. The Kier molecular flexibility index (Phi) is 12.7. The van der Waals surface area contributed by atoms with Crippen molar-refractivity contribution in [2.45, 2.75) is 13.8 Å². The molecule has 0 heterocycles. The van der Waals surface area contributed by atoms with Gasteiger partial charge in [0.05, 0.1) is 12.5 Å². The largest absolute Gasteiger partial charge is 0.617 e. The Balaban J connectivity index is 0. The molecular formula is C6H16O2S2. The van der Waals surface area contributed by atoms with Crippen molar-refractivity contribution in [2.75, 3.05) is 24.0 Å². The fourth-order valence-corrected chi connectivity index (χ4v) is 0.612. The van der Waals surface area contributed by atoms with Crippen molar-refractivity contribution >= 4 is 22.4 Å². The maximum Gasteiger partial charge on any atom is 0.102 e. The third kappa shape index (κ3) is 23.4. The lowest BCUT2D eigenvalue weighted by Crippen LogP contribution is -2.04. The van der Waals surface area contributed by atoms with Crippen LogP contribution in [-0.2, 0) is 22.4 Å². The van der Waals surface area contributed by atoms with Crippen molar-refractivity contribution in [1.82, 2.24) is 0 Å². The zero-order chi connectivity index (χ0) is 8.57. The lowest BCUT2D eigenvalue weighted by atomic mass is 11.0. The quantitative estimate of drug-likeness (QED) is 0.595. The molecule has 0 rings (SSSR count). The van der Waals surface area contributed by atoms with Crippen LogP contribution in [0.3, 0.4) is 0 Å². The van der Waals surface area contributed by atoms with Gasteiger partial charge in [-0.25, -0.2) is 0 Å². The summed E-state index contributed by atoms with van der Waals surface area (Å²) < 4.78 is 19.8. The van der Waals surface area contributed by atoms with E-state index in [9.17, 15) is 9.11 Å². The topological polar surface area (TPSA) is 46.1 Å². The van der Waals surface area contributed by atoms with E-state index in [-0.39, 0.29) is 0 Å². The highest BCUT2D eigenvalue weighted by molar-refractivity contribution is 7.91. The van der Waals surface area contributed by atoms with Crippen molar-refractivity contribution in [2.24, 2.45) is 0 Å². The molecule has 64 valence electrons. The first-order chi connectivity index (χ1) is 4.54. The van der Waals surface area contributed by atoms with E-state index >= 15 is 0 Å². The summed E-state index contributed by atoms with van der Waals surface area (Å²) in [6.07, 6.45) is 3.28. The molecule has 0 spiro atoms. The maximum absolute atomic E-state index is 10.3. The van der Waals surface area contributed by atoms with Gasteiger partial charge in [-0.15, -0.1) is 0 Å². The fraction of sp³-hybridized carbons (Fsp3) is 1.00. The molecule has 0 amide bonds. The van der Waals surface area contributed by atoms with Gasteiger partial charge in [0.2, 0.25) is 0 Å². The van der Waals surface area contributed by atoms with Gasteiger partial charge in [-0.1, -0.05) is 22.4 Å². The molecule has 0 aromatic rings. The van der Waals surface area contributed by atoms with E-state index in [1.807, 2.05) is 13.8 Å². The molecule has 0 bridgehead atoms. The van der Waals surface area contributed by atoms with Gasteiger partial charge in [0, 0.05) is 0 Å². The molecule has 0 aromatic carbocycles. The van der Waals surface area contributed by atoms with Crippen LogP contribution >= 0.6 is 0 Å². The molecule has 0 atom stereocenters. The van der Waals surface area contributed by atoms with Gasteiger partial charge in [-0.05, 0) is 13.8 Å². The monoisotopic (exact) mass is 184 g/mol. The Hall–Kier alpha value is 0.620. The Morgan fingerprint density at radius 1 is 1.00 bits per heavy atom. The van der Waals surface area contributed by atoms with E-state index < -0.39 is 22.4 Å². The van der Waals surface area contributed by atoms with Crippen LogP contribution in [0.1, 0.15) is 13.8 Å². The summed E-state index contributed by atoms with van der Waals surface area (Å²) in [5.74, 6) is 1.60. The smallest absolute Gasteiger partial charge is 0.102 e. The van der Waals surface area contributed by atoms with E-state index in [4.69, 9.17) is 0 Å². The predicted octanol–water partition coefficient (Wildman–Crippen LogP) is 0.770. The summed E-state index contributed by atoms with van der Waals surface area (Å²) in [7, 11) is 0. The summed E-state index contributed by atoms with van der Waals surface area (Å²) in [5.41, 5.74) is 0. The van der Waals surface area contributed by atoms with E-state index in [1.165, 1.54) is 0 Å². The van der Waals surface area contributed by atoms with Crippen molar-refractivity contribution < 1.29 is 9.11 Å². The third-order valence-corrected chi connectivity index (χ3v) is 1.93. The normalized spacial score (nSPS) is 9.60. The molecule has 2 nitrogen and oxygen atoms in total. The average molecular weight is 184 g/mol. The molecule has 0 fully saturated rings. The molecule has 4 heteroatoms. The Bertz CT molecular complexity index is 53.0. The first-order valence-corrected chi connectivity index (χ1v) is 6.60. The van der Waals surface area contributed by atoms with Crippen LogP contribution < -0.4 is 0 Å². The third-order valence-electron chi connectivity index (χ3n) is 0.644. The van der Waals surface area contributed by atoms with Crippen LogP contribution in [0.5, 0.6) is 0 Å². The molecule has 0 unspecified atom stereocenters. The number of rotatable bonds is 2. The second-order valence-electron chi connectivity index (χ2n) is 1.76. The second-order valence-corrected chi connectivity index (χ2v) is 5.28. The summed E-state index contributed by atoms with van der Waals surface area (Å²) in [6.45, 7) is 3.86. The Morgan fingerprint density at radius 2 is 1.20 bits per heavy atom. The number of hydrogen-bond donors (Lipinski definition) is 0. The van der Waals surface area contributed by atoms with Crippen LogP contribution in [0.15, 0.2) is 0 Å². The highest BCUT2D eigenvalue weighted by Crippen LogP contribution is 1.84. The van der Waals surface area contributed by atoms with Crippen molar-refractivity contribution in [3.63, 3.8) is 0 Å². The summed E-state index contributed by atoms with van der Waals surface area (Å²) in [4.78, 5) is 0. The average Bonchev–Trinajstić information content (AvgIpc) is 1.85. The highest BCUT2D eigenvalue weighted by Gasteiger charge is 1.91. The fourth-order valence-electron chi connectivity index (χ4n) is 0.204. The molecule has 0 N–H and O–H groups in total. The second kappa shape index (κ2) is 9.62. The van der Waals surface area contributed by atoms with E-state index in [0.717, 1.165) is 11.5 Å². The minimum absolute atomic E-state index is 0.534. The lowest BCUT2D eigenvalue weighted by molar-refractivity contribution is 0.597. The molecule has 0 saturated heterocycles. The molecule has 0 aliphatic heterocycles. The van der Waals surface area contributed by atoms with E-state index in [0.29, 0.717) is 0 Å². The SMILES string of the molecule is CC[S+]([O-])CC.C[S+](C)[O-]. The van der Waals surface area contributed by atoms with Gasteiger partial charge in [-0.3, -0.25) is 0 Å². The zero-order valence-electron chi connectivity index (χ0n) is 7.05. The van der Waals surface area contributed by atoms with Crippen LogP contribution in [0.25, 0.3) is 0 Å². The van der Waals surface area contributed by atoms with Crippen molar-refractivity contribution in [3.05, 3.63) is 0 Å². The zero-order valence-corrected chi connectivity index (χ0v) is 8.68. The molecule has 0 aromatic heterocycles. The van der Waals surface area contributed by atoms with Crippen LogP contribution in [0.4, 0.5) is 0 Å². The van der Waals surface area contributed by atoms with Crippen LogP contribution in [0, 0.1) is 0 Å². The van der Waals surface area contributed by atoms with E-state index in [2.05, 4.69) is 0 Å². The van der Waals surface area contributed by atoms with Gasteiger partial charge in [0.15, 0.2) is 0 Å². The highest BCUT2D eigenvalue weighted by atomic mass is 32.2. The molecule has 0 radical (unpaired) electrons. The van der Waals surface area contributed by atoms with Gasteiger partial charge in [0.1, 0.15) is 11.5 Å². The number of hydrogen-bond acceptors (Lipinski definition) is 2. The van der Waals surface area contributed by atoms with Crippen molar-refractivity contribution in [1.29, 1.82) is 0 Å². The van der Waals surface area contributed by atoms with Gasteiger partial charge in [0.25, 0.3) is 0 Å². The molecule has 0 aliphatic rings. The van der Waals surface area contributed by atoms with Gasteiger partial charge in [-0.2, -0.15) is 0 Å². The van der Waals surface area contributed by atoms with Gasteiger partial charge >= 0.3 is 0 Å². The standard InChI is InChI=1S/C4H10OS.C2H6OS/c1-3-6(5)4-2;1-4(2)3/h3-4H2,1-2H3;1-2H3. The minimum atomic E-state index is -0.611. The first-order valence-electron chi connectivity index (χ1n) is 3.14. The molecule has 10 heavy (non-hydrogen) atoms. The lowest BCUT2D eigenvalue weighted by Gasteiger charge is -2.01. The summed E-state index contributed by atoms with van der Waals surface area (Å²) in [5, 5.41) is 0. The van der Waals surface area contributed by atoms with Crippen LogP contribution in [0.2, 0.25) is 0 Å². The van der Waals surface area contributed by atoms with Gasteiger partial charge < -0.3 is 9.11 Å².